The third-order valence-corrected chi connectivity index (χ3v) is 7.23. The molecule has 0 bridgehead atoms. The fraction of sp³-hybridized carbons (Fsp3) is 0.280. The van der Waals surface area contributed by atoms with E-state index in [1.807, 2.05) is 6.07 Å². The van der Waals surface area contributed by atoms with Gasteiger partial charge < -0.3 is 10.4 Å². The first-order valence-electron chi connectivity index (χ1n) is 11.3. The highest BCUT2D eigenvalue weighted by Crippen LogP contribution is 2.33. The van der Waals surface area contributed by atoms with E-state index in [0.717, 1.165) is 26.0 Å². The van der Waals surface area contributed by atoms with E-state index in [1.165, 1.54) is 26.0 Å². The van der Waals surface area contributed by atoms with Crippen molar-refractivity contribution in [2.45, 2.75) is 44.0 Å². The fourth-order valence-corrected chi connectivity index (χ4v) is 5.28. The minimum Gasteiger partial charge on any atom is -0.389 e. The number of aryl methyl sites for hydroxylation is 1. The van der Waals surface area contributed by atoms with E-state index in [0.29, 0.717) is 6.20 Å². The van der Waals surface area contributed by atoms with Crippen LogP contribution in [-0.2, 0) is 22.7 Å². The monoisotopic (exact) mass is 533 g/mol. The molecule has 196 valence electrons. The zero-order valence-corrected chi connectivity index (χ0v) is 21.2. The molecule has 37 heavy (non-hydrogen) atoms. The van der Waals surface area contributed by atoms with Gasteiger partial charge in [-0.25, -0.2) is 22.7 Å². The van der Waals surface area contributed by atoms with Crippen LogP contribution >= 0.6 is 0 Å². The molecule has 0 fully saturated rings. The summed E-state index contributed by atoms with van der Waals surface area (Å²) in [6.07, 6.45) is -2.95. The predicted molar refractivity (Wildman–Crippen MR) is 134 cm³/mol. The Morgan fingerprint density at radius 1 is 1.05 bits per heavy atom. The Balaban J connectivity index is 1.88. The third-order valence-electron chi connectivity index (χ3n) is 5.46. The van der Waals surface area contributed by atoms with Crippen molar-refractivity contribution >= 4 is 27.3 Å². The average Bonchev–Trinajstić information content (AvgIpc) is 3.24. The molecule has 12 heteroatoms. The lowest BCUT2D eigenvalue weighted by atomic mass is 10.1. The van der Waals surface area contributed by atoms with Crippen LogP contribution in [0.4, 0.5) is 24.8 Å². The van der Waals surface area contributed by atoms with Gasteiger partial charge in [-0.1, -0.05) is 48.0 Å². The van der Waals surface area contributed by atoms with Crippen LogP contribution in [0.3, 0.4) is 0 Å². The molecule has 0 spiro atoms. The lowest BCUT2D eigenvalue weighted by Gasteiger charge is -2.29. The van der Waals surface area contributed by atoms with Crippen LogP contribution in [0.15, 0.2) is 71.9 Å². The van der Waals surface area contributed by atoms with Gasteiger partial charge in [-0.2, -0.15) is 13.2 Å². The second-order valence-corrected chi connectivity index (χ2v) is 11.1. The second-order valence-electron chi connectivity index (χ2n) is 9.26. The van der Waals surface area contributed by atoms with Crippen LogP contribution in [0.1, 0.15) is 30.7 Å². The molecule has 4 rings (SSSR count). The number of hydrogen-bond donors (Lipinski definition) is 2. The Kier molecular flexibility index (Phi) is 6.91. The Bertz CT molecular complexity index is 1500. The van der Waals surface area contributed by atoms with Crippen LogP contribution in [0, 0.1) is 6.92 Å². The average molecular weight is 534 g/mol. The van der Waals surface area contributed by atoms with E-state index in [4.69, 9.17) is 0 Å². The molecule has 2 heterocycles. The topological polar surface area (TPSA) is 99.8 Å². The lowest BCUT2D eigenvalue weighted by molar-refractivity contribution is -0.141. The molecule has 8 nitrogen and oxygen atoms in total. The second kappa shape index (κ2) is 9.67. The predicted octanol–water partition coefficient (Wildman–Crippen LogP) is 4.63. The highest BCUT2D eigenvalue weighted by molar-refractivity contribution is 7.92. The van der Waals surface area contributed by atoms with Gasteiger partial charge in [0.2, 0.25) is 0 Å². The highest BCUT2D eigenvalue weighted by atomic mass is 32.2. The van der Waals surface area contributed by atoms with Gasteiger partial charge in [0.05, 0.1) is 23.2 Å². The van der Waals surface area contributed by atoms with Gasteiger partial charge in [0.1, 0.15) is 5.82 Å². The molecular weight excluding hydrogens is 507 g/mol. The van der Waals surface area contributed by atoms with Crippen molar-refractivity contribution in [2.75, 3.05) is 16.2 Å². The molecule has 0 saturated carbocycles. The van der Waals surface area contributed by atoms with Gasteiger partial charge in [0.15, 0.2) is 17.2 Å². The summed E-state index contributed by atoms with van der Waals surface area (Å²) in [5.74, 6) is -0.339. The van der Waals surface area contributed by atoms with Crippen LogP contribution in [0.25, 0.3) is 5.65 Å². The van der Waals surface area contributed by atoms with E-state index < -0.39 is 34.0 Å². The lowest BCUT2D eigenvalue weighted by Crippen LogP contribution is -2.43. The van der Waals surface area contributed by atoms with E-state index >= 15 is 0 Å². The molecular formula is C25H26F3N5O3S. The number of halogens is 3. The number of hydrogen-bond acceptors (Lipinski definition) is 6. The van der Waals surface area contributed by atoms with Crippen LogP contribution in [0.5, 0.6) is 0 Å². The molecule has 0 aliphatic carbocycles. The van der Waals surface area contributed by atoms with Gasteiger partial charge in [-0.15, -0.1) is 0 Å². The smallest absolute Gasteiger partial charge is 0.389 e. The van der Waals surface area contributed by atoms with Crippen molar-refractivity contribution in [3.05, 3.63) is 83.8 Å². The maximum Gasteiger partial charge on any atom is 0.434 e. The summed E-state index contributed by atoms with van der Waals surface area (Å²) in [7, 11) is -4.29. The largest absolute Gasteiger partial charge is 0.434 e. The SMILES string of the molecule is Cc1ccc(S(=O)(=O)N(CC(C)(C)O)c2cnc3c(NCc4ccccc4)nc(C(F)(F)F)cn23)cc1. The van der Waals surface area contributed by atoms with Crippen molar-refractivity contribution < 1.29 is 26.7 Å². The molecule has 2 aromatic heterocycles. The quantitative estimate of drug-likeness (QED) is 0.343. The molecule has 0 saturated heterocycles. The summed E-state index contributed by atoms with van der Waals surface area (Å²) in [4.78, 5) is 7.86. The number of nitrogens with zero attached hydrogens (tertiary/aromatic N) is 4. The van der Waals surface area contributed by atoms with Crippen molar-refractivity contribution in [2.24, 2.45) is 0 Å². The van der Waals surface area contributed by atoms with Crippen LogP contribution < -0.4 is 9.62 Å². The van der Waals surface area contributed by atoms with Gasteiger partial charge in [0.25, 0.3) is 10.0 Å². The summed E-state index contributed by atoms with van der Waals surface area (Å²) in [5, 5.41) is 13.4. The van der Waals surface area contributed by atoms with Crippen LogP contribution in [-0.4, -0.2) is 40.0 Å². The Hall–Kier alpha value is -3.64. The number of aromatic nitrogens is 3. The zero-order valence-electron chi connectivity index (χ0n) is 20.4. The molecule has 0 aliphatic rings. The van der Waals surface area contributed by atoms with E-state index in [2.05, 4.69) is 15.3 Å². The Labute approximate surface area is 212 Å². The van der Waals surface area contributed by atoms with Crippen LogP contribution in [0.2, 0.25) is 0 Å². The van der Waals surface area contributed by atoms with Crippen molar-refractivity contribution in [3.8, 4) is 0 Å². The Morgan fingerprint density at radius 2 is 1.70 bits per heavy atom. The summed E-state index contributed by atoms with van der Waals surface area (Å²) < 4.78 is 70.6. The summed E-state index contributed by atoms with van der Waals surface area (Å²) in [6, 6.07) is 15.0. The van der Waals surface area contributed by atoms with E-state index in [1.54, 1.807) is 43.3 Å². The first kappa shape index (κ1) is 26.4. The first-order valence-corrected chi connectivity index (χ1v) is 12.7. The van der Waals surface area contributed by atoms with Gasteiger partial charge >= 0.3 is 6.18 Å². The number of alkyl halides is 3. The third kappa shape index (κ3) is 5.86. The standard InChI is InChI=1S/C25H26F3N5O3S/c1-17-9-11-19(12-10-17)37(35,36)33(16-24(2,3)34)21-14-30-23-22(29-13-18-7-5-4-6-8-18)31-20(15-32(21)23)25(26,27)28/h4-12,14-15,34H,13,16H2,1-3H3,(H,29,31). The van der Waals surface area contributed by atoms with Gasteiger partial charge in [-0.3, -0.25) is 4.40 Å². The summed E-state index contributed by atoms with van der Waals surface area (Å²) in [6.45, 7) is 4.34. The molecule has 0 aliphatic heterocycles. The number of fused-ring (bicyclic) bond motifs is 1. The number of imidazole rings is 1. The van der Waals surface area contributed by atoms with Crippen molar-refractivity contribution in [1.82, 2.24) is 14.4 Å². The number of rotatable bonds is 8. The number of nitrogens with one attached hydrogen (secondary N) is 1. The maximum absolute atomic E-state index is 13.8. The fourth-order valence-electron chi connectivity index (χ4n) is 3.68. The molecule has 0 atom stereocenters. The Morgan fingerprint density at radius 3 is 2.30 bits per heavy atom. The normalized spacial score (nSPS) is 12.6. The molecule has 0 radical (unpaired) electrons. The van der Waals surface area contributed by atoms with E-state index in [-0.39, 0.29) is 28.7 Å². The summed E-state index contributed by atoms with van der Waals surface area (Å²) in [5.41, 5.74) is -1.12. The molecule has 4 aromatic rings. The number of sulfonamides is 1. The van der Waals surface area contributed by atoms with Gasteiger partial charge in [0, 0.05) is 12.7 Å². The number of benzene rings is 2. The molecule has 0 amide bonds. The van der Waals surface area contributed by atoms with Crippen molar-refractivity contribution in [1.29, 1.82) is 0 Å². The van der Waals surface area contributed by atoms with E-state index in [9.17, 15) is 26.7 Å². The number of aliphatic hydroxyl groups is 1. The zero-order chi connectivity index (χ0) is 27.0. The minimum atomic E-state index is -4.81. The van der Waals surface area contributed by atoms with Gasteiger partial charge in [-0.05, 0) is 38.5 Å². The first-order chi connectivity index (χ1) is 17.3. The molecule has 2 N–H and O–H groups in total. The molecule has 0 unspecified atom stereocenters. The highest BCUT2D eigenvalue weighted by Gasteiger charge is 2.36. The molecule has 2 aromatic carbocycles. The maximum atomic E-state index is 13.8. The minimum absolute atomic E-state index is 0.00113. The van der Waals surface area contributed by atoms with Crippen molar-refractivity contribution in [3.63, 3.8) is 0 Å². The summed E-state index contributed by atoms with van der Waals surface area (Å²) >= 11 is 0. The number of anilines is 2.